The molecule has 26 heavy (non-hydrogen) atoms. The number of furan rings is 1. The average Bonchev–Trinajstić information content (AvgIpc) is 3.11. The molecule has 2 aromatic rings. The number of nitrogens with zero attached hydrogens (tertiary/aromatic N) is 1. The Morgan fingerprint density at radius 3 is 2.54 bits per heavy atom. The Morgan fingerprint density at radius 2 is 1.88 bits per heavy atom. The molecule has 0 bridgehead atoms. The Labute approximate surface area is 150 Å². The van der Waals surface area contributed by atoms with Crippen molar-refractivity contribution in [3.8, 4) is 11.3 Å². The molecular weight excluding hydrogens is 338 g/mol. The summed E-state index contributed by atoms with van der Waals surface area (Å²) in [5, 5.41) is 9.01. The van der Waals surface area contributed by atoms with Gasteiger partial charge >= 0.3 is 5.97 Å². The SMILES string of the molecule is CC(=O)c1ccc(-c2ccc(C(=O)N3CCOCC3CC(=O)O)o2)cc1. The zero-order chi connectivity index (χ0) is 18.7. The van der Waals surface area contributed by atoms with Crippen molar-refractivity contribution in [1.29, 1.82) is 0 Å². The molecule has 1 N–H and O–H groups in total. The summed E-state index contributed by atoms with van der Waals surface area (Å²) in [4.78, 5) is 36.5. The first-order valence-electron chi connectivity index (χ1n) is 8.27. The molecule has 0 spiro atoms. The Hall–Kier alpha value is -2.93. The second-order valence-electron chi connectivity index (χ2n) is 6.12. The standard InChI is InChI=1S/C19H19NO6/c1-12(21)13-2-4-14(5-3-13)16-6-7-17(26-16)19(24)20-8-9-25-11-15(20)10-18(22)23/h2-7,15H,8-11H2,1H3,(H,22,23). The minimum absolute atomic E-state index is 0.0244. The van der Waals surface area contributed by atoms with Crippen molar-refractivity contribution in [3.05, 3.63) is 47.7 Å². The number of aliphatic carboxylic acids is 1. The van der Waals surface area contributed by atoms with E-state index in [9.17, 15) is 14.4 Å². The number of carbonyl (C=O) groups excluding carboxylic acids is 2. The summed E-state index contributed by atoms with van der Waals surface area (Å²) in [6, 6.07) is 9.65. The fourth-order valence-corrected chi connectivity index (χ4v) is 2.91. The van der Waals surface area contributed by atoms with Crippen LogP contribution in [0.25, 0.3) is 11.3 Å². The summed E-state index contributed by atoms with van der Waals surface area (Å²) < 4.78 is 11.0. The number of hydrogen-bond acceptors (Lipinski definition) is 5. The Kier molecular flexibility index (Phi) is 5.18. The van der Waals surface area contributed by atoms with Crippen molar-refractivity contribution in [1.82, 2.24) is 4.90 Å². The Morgan fingerprint density at radius 1 is 1.15 bits per heavy atom. The molecule has 1 amide bonds. The molecule has 2 heterocycles. The molecular formula is C19H19NO6. The van der Waals surface area contributed by atoms with Crippen molar-refractivity contribution >= 4 is 17.7 Å². The lowest BCUT2D eigenvalue weighted by Gasteiger charge is -2.34. The molecule has 1 saturated heterocycles. The van der Waals surface area contributed by atoms with Gasteiger partial charge in [0.25, 0.3) is 5.91 Å². The number of rotatable bonds is 5. The molecule has 0 radical (unpaired) electrons. The highest BCUT2D eigenvalue weighted by molar-refractivity contribution is 5.95. The minimum Gasteiger partial charge on any atom is -0.481 e. The van der Waals surface area contributed by atoms with Crippen LogP contribution in [0.15, 0.2) is 40.8 Å². The molecule has 1 unspecified atom stereocenters. The quantitative estimate of drug-likeness (QED) is 0.826. The van der Waals surface area contributed by atoms with Crippen LogP contribution in [0.1, 0.15) is 34.3 Å². The van der Waals surface area contributed by atoms with E-state index in [0.29, 0.717) is 24.5 Å². The maximum Gasteiger partial charge on any atom is 0.305 e. The van der Waals surface area contributed by atoms with Crippen molar-refractivity contribution < 1.29 is 28.6 Å². The van der Waals surface area contributed by atoms with E-state index in [0.717, 1.165) is 5.56 Å². The predicted molar refractivity (Wildman–Crippen MR) is 92.0 cm³/mol. The number of hydrogen-bond donors (Lipinski definition) is 1. The summed E-state index contributed by atoms with van der Waals surface area (Å²) in [5.74, 6) is -0.710. The van der Waals surface area contributed by atoms with Crippen molar-refractivity contribution in [2.24, 2.45) is 0 Å². The molecule has 7 heteroatoms. The molecule has 3 rings (SSSR count). The molecule has 1 aliphatic rings. The van der Waals surface area contributed by atoms with E-state index in [2.05, 4.69) is 0 Å². The van der Waals surface area contributed by atoms with Gasteiger partial charge in [-0.1, -0.05) is 24.3 Å². The zero-order valence-corrected chi connectivity index (χ0v) is 14.3. The van der Waals surface area contributed by atoms with Gasteiger partial charge in [0.15, 0.2) is 11.5 Å². The summed E-state index contributed by atoms with van der Waals surface area (Å²) in [6.07, 6.45) is -0.175. The second kappa shape index (κ2) is 7.53. The number of carbonyl (C=O) groups is 3. The molecule has 7 nitrogen and oxygen atoms in total. The van der Waals surface area contributed by atoms with Gasteiger partial charge in [0.05, 0.1) is 25.7 Å². The van der Waals surface area contributed by atoms with Gasteiger partial charge in [-0.05, 0) is 19.1 Å². The number of carboxylic acids is 1. The fourth-order valence-electron chi connectivity index (χ4n) is 2.91. The third-order valence-electron chi connectivity index (χ3n) is 4.29. The maximum absolute atomic E-state index is 12.7. The van der Waals surface area contributed by atoms with Crippen LogP contribution in [-0.4, -0.2) is 53.5 Å². The lowest BCUT2D eigenvalue weighted by Crippen LogP contribution is -2.49. The van der Waals surface area contributed by atoms with Gasteiger partial charge in [-0.3, -0.25) is 14.4 Å². The van der Waals surface area contributed by atoms with E-state index < -0.39 is 12.0 Å². The Balaban J connectivity index is 1.78. The summed E-state index contributed by atoms with van der Waals surface area (Å²) in [5.41, 5.74) is 1.35. The largest absolute Gasteiger partial charge is 0.481 e. The molecule has 1 fully saturated rings. The molecule has 0 aliphatic carbocycles. The molecule has 1 atom stereocenters. The number of morpholine rings is 1. The molecule has 1 aliphatic heterocycles. The lowest BCUT2D eigenvalue weighted by atomic mass is 10.1. The van der Waals surface area contributed by atoms with E-state index in [1.807, 2.05) is 0 Å². The highest BCUT2D eigenvalue weighted by Crippen LogP contribution is 2.24. The van der Waals surface area contributed by atoms with E-state index in [4.69, 9.17) is 14.3 Å². The van der Waals surface area contributed by atoms with E-state index >= 15 is 0 Å². The fraction of sp³-hybridized carbons (Fsp3) is 0.316. The van der Waals surface area contributed by atoms with Crippen LogP contribution >= 0.6 is 0 Å². The van der Waals surface area contributed by atoms with Crippen LogP contribution in [0, 0.1) is 0 Å². The number of amides is 1. The van der Waals surface area contributed by atoms with Crippen LogP contribution in [0.3, 0.4) is 0 Å². The van der Waals surface area contributed by atoms with Crippen molar-refractivity contribution in [3.63, 3.8) is 0 Å². The maximum atomic E-state index is 12.7. The first kappa shape index (κ1) is 17.9. The number of ketones is 1. The third-order valence-corrected chi connectivity index (χ3v) is 4.29. The van der Waals surface area contributed by atoms with Gasteiger partial charge in [-0.25, -0.2) is 0 Å². The summed E-state index contributed by atoms with van der Waals surface area (Å²) in [6.45, 7) is 2.37. The van der Waals surface area contributed by atoms with Crippen LogP contribution in [0.2, 0.25) is 0 Å². The monoisotopic (exact) mass is 357 g/mol. The van der Waals surface area contributed by atoms with E-state index in [1.165, 1.54) is 11.8 Å². The predicted octanol–water partition coefficient (Wildman–Crippen LogP) is 2.46. The topological polar surface area (TPSA) is 97.0 Å². The van der Waals surface area contributed by atoms with Gasteiger partial charge in [-0.2, -0.15) is 0 Å². The van der Waals surface area contributed by atoms with Crippen molar-refractivity contribution in [2.75, 3.05) is 19.8 Å². The van der Waals surface area contributed by atoms with Gasteiger partial charge < -0.3 is 19.2 Å². The van der Waals surface area contributed by atoms with Crippen LogP contribution in [0.5, 0.6) is 0 Å². The lowest BCUT2D eigenvalue weighted by molar-refractivity contribution is -0.139. The summed E-state index contributed by atoms with van der Waals surface area (Å²) in [7, 11) is 0. The van der Waals surface area contributed by atoms with Gasteiger partial charge in [0.1, 0.15) is 5.76 Å². The van der Waals surface area contributed by atoms with Crippen LogP contribution in [0.4, 0.5) is 0 Å². The normalized spacial score (nSPS) is 17.1. The minimum atomic E-state index is -0.982. The first-order valence-corrected chi connectivity index (χ1v) is 8.27. The van der Waals surface area contributed by atoms with Gasteiger partial charge in [0.2, 0.25) is 0 Å². The molecule has 1 aromatic heterocycles. The number of ether oxygens (including phenoxy) is 1. The van der Waals surface area contributed by atoms with Gasteiger partial charge in [-0.15, -0.1) is 0 Å². The highest BCUT2D eigenvalue weighted by atomic mass is 16.5. The summed E-state index contributed by atoms with van der Waals surface area (Å²) >= 11 is 0. The highest BCUT2D eigenvalue weighted by Gasteiger charge is 2.31. The van der Waals surface area contributed by atoms with E-state index in [1.54, 1.807) is 36.4 Å². The number of benzene rings is 1. The second-order valence-corrected chi connectivity index (χ2v) is 6.12. The van der Waals surface area contributed by atoms with Crippen molar-refractivity contribution in [2.45, 2.75) is 19.4 Å². The zero-order valence-electron chi connectivity index (χ0n) is 14.3. The Bertz CT molecular complexity index is 823. The smallest absolute Gasteiger partial charge is 0.305 e. The number of Topliss-reactive ketones (excluding diaryl/α,β-unsaturated/α-hetero) is 1. The van der Waals surface area contributed by atoms with Crippen LogP contribution in [-0.2, 0) is 9.53 Å². The van der Waals surface area contributed by atoms with Crippen LogP contribution < -0.4 is 0 Å². The molecule has 136 valence electrons. The number of carboxylic acid groups (broad SMARTS) is 1. The van der Waals surface area contributed by atoms with E-state index in [-0.39, 0.29) is 30.5 Å². The average molecular weight is 357 g/mol. The molecule has 1 aromatic carbocycles. The third kappa shape index (κ3) is 3.83. The van der Waals surface area contributed by atoms with Gasteiger partial charge in [0, 0.05) is 17.7 Å². The first-order chi connectivity index (χ1) is 12.5. The molecule has 0 saturated carbocycles.